The molecular formula is C23H22N2O6S. The highest BCUT2D eigenvalue weighted by Crippen LogP contribution is 2.36. The maximum atomic E-state index is 12.6. The first-order chi connectivity index (χ1) is 15.5. The molecule has 2 aromatic carbocycles. The van der Waals surface area contributed by atoms with E-state index in [2.05, 4.69) is 4.98 Å². The third kappa shape index (κ3) is 4.38. The summed E-state index contributed by atoms with van der Waals surface area (Å²) in [6.45, 7) is 3.15. The third-order valence-corrected chi connectivity index (χ3v) is 5.68. The molecule has 0 bridgehead atoms. The van der Waals surface area contributed by atoms with Gasteiger partial charge < -0.3 is 18.9 Å². The molecule has 2 heterocycles. The van der Waals surface area contributed by atoms with Crippen molar-refractivity contribution in [3.63, 3.8) is 0 Å². The molecule has 1 aromatic heterocycles. The second-order valence-electron chi connectivity index (χ2n) is 7.06. The van der Waals surface area contributed by atoms with Gasteiger partial charge in [-0.3, -0.25) is 9.69 Å². The number of amides is 1. The molecular weight excluding hydrogens is 432 g/mol. The molecule has 8 nitrogen and oxygen atoms in total. The molecule has 3 aromatic rings. The molecule has 1 aliphatic heterocycles. The van der Waals surface area contributed by atoms with E-state index in [4.69, 9.17) is 18.9 Å². The summed E-state index contributed by atoms with van der Waals surface area (Å²) >= 11 is 1.27. The molecule has 0 saturated carbocycles. The number of anilines is 2. The van der Waals surface area contributed by atoms with E-state index in [1.165, 1.54) is 23.2 Å². The first-order valence-electron chi connectivity index (χ1n) is 9.95. The lowest BCUT2D eigenvalue weighted by molar-refractivity contribution is -0.159. The SMILES string of the molecule is COc1ccccc1N(C(C)=O)c1nc(COC(=O)C2Oc3ccccc3OC2C)cs1. The Kier molecular flexibility index (Phi) is 6.27. The van der Waals surface area contributed by atoms with Crippen LogP contribution in [-0.2, 0) is 20.9 Å². The van der Waals surface area contributed by atoms with E-state index < -0.39 is 18.2 Å². The Morgan fingerprint density at radius 1 is 1.09 bits per heavy atom. The number of hydrogen-bond acceptors (Lipinski definition) is 8. The highest BCUT2D eigenvalue weighted by Gasteiger charge is 2.35. The zero-order valence-electron chi connectivity index (χ0n) is 17.8. The van der Waals surface area contributed by atoms with E-state index in [9.17, 15) is 9.59 Å². The van der Waals surface area contributed by atoms with Crippen LogP contribution in [0.2, 0.25) is 0 Å². The second-order valence-corrected chi connectivity index (χ2v) is 7.90. The Morgan fingerprint density at radius 3 is 2.50 bits per heavy atom. The highest BCUT2D eigenvalue weighted by atomic mass is 32.1. The Morgan fingerprint density at radius 2 is 1.78 bits per heavy atom. The lowest BCUT2D eigenvalue weighted by atomic mass is 10.2. The Hall–Kier alpha value is -3.59. The lowest BCUT2D eigenvalue weighted by Gasteiger charge is -2.30. The number of methoxy groups -OCH3 is 1. The molecule has 0 aliphatic carbocycles. The fourth-order valence-electron chi connectivity index (χ4n) is 3.29. The molecule has 0 N–H and O–H groups in total. The van der Waals surface area contributed by atoms with E-state index in [-0.39, 0.29) is 12.5 Å². The standard InChI is InChI=1S/C23H22N2O6S/c1-14-21(31-20-11-7-6-10-19(20)30-14)22(27)29-12-16-13-32-23(24-16)25(15(2)26)17-8-4-5-9-18(17)28-3/h4-11,13-14,21H,12H2,1-3H3. The van der Waals surface area contributed by atoms with Crippen molar-refractivity contribution in [2.75, 3.05) is 12.0 Å². The van der Waals surface area contributed by atoms with Crippen molar-refractivity contribution in [3.8, 4) is 17.2 Å². The molecule has 2 atom stereocenters. The second kappa shape index (κ2) is 9.27. The van der Waals surface area contributed by atoms with Gasteiger partial charge in [-0.2, -0.15) is 0 Å². The maximum Gasteiger partial charge on any atom is 0.351 e. The molecule has 0 spiro atoms. The zero-order valence-corrected chi connectivity index (χ0v) is 18.6. The molecule has 0 saturated heterocycles. The number of ether oxygens (including phenoxy) is 4. The van der Waals surface area contributed by atoms with E-state index in [1.54, 1.807) is 49.7 Å². The predicted molar refractivity (Wildman–Crippen MR) is 119 cm³/mol. The van der Waals surface area contributed by atoms with Gasteiger partial charge in [0.1, 0.15) is 18.5 Å². The smallest absolute Gasteiger partial charge is 0.351 e. The van der Waals surface area contributed by atoms with E-state index in [1.807, 2.05) is 18.2 Å². The van der Waals surface area contributed by atoms with Crippen LogP contribution < -0.4 is 19.1 Å². The minimum Gasteiger partial charge on any atom is -0.495 e. The van der Waals surface area contributed by atoms with Gasteiger partial charge in [-0.15, -0.1) is 11.3 Å². The molecule has 2 unspecified atom stereocenters. The van der Waals surface area contributed by atoms with Gasteiger partial charge in [0.15, 0.2) is 16.6 Å². The summed E-state index contributed by atoms with van der Waals surface area (Å²) in [5, 5.41) is 2.19. The number of rotatable bonds is 6. The minimum atomic E-state index is -0.884. The van der Waals surface area contributed by atoms with Crippen LogP contribution in [0.15, 0.2) is 53.9 Å². The quantitative estimate of drug-likeness (QED) is 0.518. The van der Waals surface area contributed by atoms with Crippen LogP contribution in [0.4, 0.5) is 10.8 Å². The summed E-state index contributed by atoms with van der Waals surface area (Å²) in [4.78, 5) is 30.9. The van der Waals surface area contributed by atoms with Crippen LogP contribution in [0.25, 0.3) is 0 Å². The predicted octanol–water partition coefficient (Wildman–Crippen LogP) is 4.11. The van der Waals surface area contributed by atoms with Gasteiger partial charge >= 0.3 is 5.97 Å². The van der Waals surface area contributed by atoms with Crippen LogP contribution in [0.1, 0.15) is 19.5 Å². The van der Waals surface area contributed by atoms with Crippen LogP contribution in [0.3, 0.4) is 0 Å². The zero-order chi connectivity index (χ0) is 22.7. The number of esters is 1. The summed E-state index contributed by atoms with van der Waals surface area (Å²) in [7, 11) is 1.54. The topological polar surface area (TPSA) is 87.2 Å². The van der Waals surface area contributed by atoms with Gasteiger partial charge in [0.05, 0.1) is 18.5 Å². The van der Waals surface area contributed by atoms with Crippen molar-refractivity contribution in [2.45, 2.75) is 32.7 Å². The Balaban J connectivity index is 1.45. The van der Waals surface area contributed by atoms with E-state index in [0.717, 1.165) is 0 Å². The Labute approximate surface area is 189 Å². The van der Waals surface area contributed by atoms with Gasteiger partial charge in [-0.1, -0.05) is 24.3 Å². The van der Waals surface area contributed by atoms with E-state index in [0.29, 0.717) is 33.8 Å². The molecule has 1 amide bonds. The van der Waals surface area contributed by atoms with Crippen molar-refractivity contribution in [1.82, 2.24) is 4.98 Å². The number of fused-ring (bicyclic) bond motifs is 1. The van der Waals surface area contributed by atoms with Gasteiger partial charge in [-0.05, 0) is 31.2 Å². The first kappa shape index (κ1) is 21.6. The largest absolute Gasteiger partial charge is 0.495 e. The number of benzene rings is 2. The summed E-state index contributed by atoms with van der Waals surface area (Å²) in [6, 6.07) is 14.4. The summed E-state index contributed by atoms with van der Waals surface area (Å²) in [6.07, 6.45) is -1.38. The van der Waals surface area contributed by atoms with Crippen LogP contribution in [0, 0.1) is 0 Å². The summed E-state index contributed by atoms with van der Waals surface area (Å²) in [5.74, 6) is 0.878. The molecule has 32 heavy (non-hydrogen) atoms. The van der Waals surface area contributed by atoms with Crippen molar-refractivity contribution in [3.05, 3.63) is 59.6 Å². The highest BCUT2D eigenvalue weighted by molar-refractivity contribution is 7.14. The van der Waals surface area contributed by atoms with Crippen molar-refractivity contribution in [1.29, 1.82) is 0 Å². The number of para-hydroxylation sites is 4. The fourth-order valence-corrected chi connectivity index (χ4v) is 4.16. The fraction of sp³-hybridized carbons (Fsp3) is 0.261. The molecule has 0 fully saturated rings. The number of carbonyl (C=O) groups excluding carboxylic acids is 2. The van der Waals surface area contributed by atoms with Gasteiger partial charge in [0.25, 0.3) is 0 Å². The summed E-state index contributed by atoms with van der Waals surface area (Å²) < 4.78 is 22.3. The average molecular weight is 455 g/mol. The number of aromatic nitrogens is 1. The molecule has 4 rings (SSSR count). The van der Waals surface area contributed by atoms with Crippen LogP contribution in [0.5, 0.6) is 17.2 Å². The monoisotopic (exact) mass is 454 g/mol. The van der Waals surface area contributed by atoms with Crippen LogP contribution >= 0.6 is 11.3 Å². The normalized spacial score (nSPS) is 16.8. The Bertz CT molecular complexity index is 1130. The van der Waals surface area contributed by atoms with Gasteiger partial charge in [-0.25, -0.2) is 9.78 Å². The average Bonchev–Trinajstić information content (AvgIpc) is 3.25. The molecule has 9 heteroatoms. The van der Waals surface area contributed by atoms with Crippen molar-refractivity contribution in [2.24, 2.45) is 0 Å². The third-order valence-electron chi connectivity index (χ3n) is 4.81. The minimum absolute atomic E-state index is 0.0543. The van der Waals surface area contributed by atoms with Crippen LogP contribution in [-0.4, -0.2) is 36.2 Å². The number of hydrogen-bond donors (Lipinski definition) is 0. The molecule has 1 aliphatic rings. The van der Waals surface area contributed by atoms with Crippen molar-refractivity contribution < 1.29 is 28.5 Å². The van der Waals surface area contributed by atoms with Gasteiger partial charge in [0.2, 0.25) is 12.0 Å². The number of thiazole rings is 1. The van der Waals surface area contributed by atoms with E-state index >= 15 is 0 Å². The maximum absolute atomic E-state index is 12.6. The van der Waals surface area contributed by atoms with Crippen molar-refractivity contribution >= 4 is 34.0 Å². The lowest BCUT2D eigenvalue weighted by Crippen LogP contribution is -2.44. The molecule has 166 valence electrons. The van der Waals surface area contributed by atoms with Gasteiger partial charge in [0, 0.05) is 12.3 Å². The molecule has 0 radical (unpaired) electrons. The summed E-state index contributed by atoms with van der Waals surface area (Å²) in [5.41, 5.74) is 1.10. The first-order valence-corrected chi connectivity index (χ1v) is 10.8. The number of carbonyl (C=O) groups is 2. The number of nitrogens with zero attached hydrogens (tertiary/aromatic N) is 2.